The zero-order valence-corrected chi connectivity index (χ0v) is 15.4. The molecule has 0 aromatic heterocycles. The lowest BCUT2D eigenvalue weighted by atomic mass is 9.84. The van der Waals surface area contributed by atoms with Gasteiger partial charge in [-0.3, -0.25) is 9.59 Å². The molecule has 2 saturated heterocycles. The van der Waals surface area contributed by atoms with Crippen LogP contribution in [0.25, 0.3) is 0 Å². The second kappa shape index (κ2) is 7.64. The molecule has 142 valence electrons. The van der Waals surface area contributed by atoms with Crippen LogP contribution in [0.4, 0.5) is 5.69 Å². The summed E-state index contributed by atoms with van der Waals surface area (Å²) in [4.78, 5) is 38.6. The molecule has 1 unspecified atom stereocenters. The maximum absolute atomic E-state index is 12.4. The van der Waals surface area contributed by atoms with Crippen LogP contribution in [0.2, 0.25) is 0 Å². The molecule has 3 heterocycles. The maximum atomic E-state index is 12.4. The Bertz CT molecular complexity index is 751. The van der Waals surface area contributed by atoms with E-state index in [1.165, 1.54) is 50.9 Å². The average Bonchev–Trinajstić information content (AvgIpc) is 3.04. The van der Waals surface area contributed by atoms with E-state index in [-0.39, 0.29) is 17.8 Å². The van der Waals surface area contributed by atoms with Crippen LogP contribution in [0.3, 0.4) is 0 Å². The Kier molecular flexibility index (Phi) is 5.07. The van der Waals surface area contributed by atoms with E-state index in [0.29, 0.717) is 29.8 Å². The van der Waals surface area contributed by atoms with E-state index < -0.39 is 0 Å². The predicted octanol–water partition coefficient (Wildman–Crippen LogP) is 1.12. The molecule has 3 aliphatic heterocycles. The Morgan fingerprint density at radius 1 is 1.00 bits per heavy atom. The second-order valence-electron chi connectivity index (χ2n) is 7.65. The molecule has 6 nitrogen and oxygen atoms in total. The van der Waals surface area contributed by atoms with Crippen molar-refractivity contribution in [2.45, 2.75) is 38.1 Å². The predicted molar refractivity (Wildman–Crippen MR) is 99.4 cm³/mol. The van der Waals surface area contributed by atoms with Crippen LogP contribution >= 0.6 is 0 Å². The van der Waals surface area contributed by atoms with Crippen LogP contribution in [0.15, 0.2) is 36.4 Å². The minimum atomic E-state index is -0.368. The fraction of sp³-hybridized carbons (Fsp3) is 0.476. The summed E-state index contributed by atoms with van der Waals surface area (Å²) in [6.45, 7) is 2.97. The van der Waals surface area contributed by atoms with Crippen molar-refractivity contribution in [3.05, 3.63) is 42.0 Å². The van der Waals surface area contributed by atoms with Crippen molar-refractivity contribution in [3.63, 3.8) is 0 Å². The standard InChI is InChI=1S/C21H24N2O4/c24-19-10-11-20(25)23(19)17-8-6-15(7-9-17)21(26)27-14-16-4-3-13-22-12-2-1-5-18(16)22/h6-11,16,18H,1-5,12-14H2/p+1/t16-,18+/m0/s1. The van der Waals surface area contributed by atoms with Gasteiger partial charge in [-0.25, -0.2) is 9.69 Å². The zero-order valence-electron chi connectivity index (χ0n) is 15.4. The number of quaternary nitrogens is 1. The number of nitrogens with one attached hydrogen (secondary N) is 1. The van der Waals surface area contributed by atoms with Gasteiger partial charge in [-0.15, -0.1) is 0 Å². The number of fused-ring (bicyclic) bond motifs is 1. The van der Waals surface area contributed by atoms with Crippen molar-refractivity contribution in [3.8, 4) is 0 Å². The number of carbonyl (C=O) groups is 3. The van der Waals surface area contributed by atoms with Crippen molar-refractivity contribution in [1.82, 2.24) is 0 Å². The number of hydrogen-bond acceptors (Lipinski definition) is 4. The molecule has 1 aromatic carbocycles. The number of esters is 1. The fourth-order valence-corrected chi connectivity index (χ4v) is 4.64. The fourth-order valence-electron chi connectivity index (χ4n) is 4.64. The van der Waals surface area contributed by atoms with Crippen molar-refractivity contribution in [2.24, 2.45) is 5.92 Å². The molecule has 0 bridgehead atoms. The first-order valence-corrected chi connectivity index (χ1v) is 9.81. The lowest BCUT2D eigenvalue weighted by molar-refractivity contribution is -0.940. The van der Waals surface area contributed by atoms with Gasteiger partial charge in [0, 0.05) is 18.1 Å². The first-order valence-electron chi connectivity index (χ1n) is 9.81. The van der Waals surface area contributed by atoms with E-state index in [9.17, 15) is 14.4 Å². The molecule has 6 heteroatoms. The van der Waals surface area contributed by atoms with E-state index in [0.717, 1.165) is 11.3 Å². The lowest BCUT2D eigenvalue weighted by Crippen LogP contribution is -3.18. The van der Waals surface area contributed by atoms with Gasteiger partial charge in [-0.1, -0.05) is 0 Å². The Labute approximate surface area is 158 Å². The zero-order chi connectivity index (χ0) is 18.8. The summed E-state index contributed by atoms with van der Waals surface area (Å²) in [6, 6.07) is 7.05. The number of amides is 2. The number of rotatable bonds is 4. The van der Waals surface area contributed by atoms with Crippen LogP contribution in [0.5, 0.6) is 0 Å². The van der Waals surface area contributed by atoms with Crippen LogP contribution in [0, 0.1) is 5.92 Å². The van der Waals surface area contributed by atoms with Crippen LogP contribution in [-0.2, 0) is 14.3 Å². The smallest absolute Gasteiger partial charge is 0.338 e. The molecular weight excluding hydrogens is 344 g/mol. The number of ether oxygens (including phenoxy) is 1. The number of imide groups is 1. The molecule has 4 rings (SSSR count). The third-order valence-electron chi connectivity index (χ3n) is 6.03. The van der Waals surface area contributed by atoms with Gasteiger partial charge in [0.1, 0.15) is 6.61 Å². The molecule has 1 aromatic rings. The maximum Gasteiger partial charge on any atom is 0.338 e. The third kappa shape index (κ3) is 3.67. The largest absolute Gasteiger partial charge is 0.462 e. The van der Waals surface area contributed by atoms with Crippen molar-refractivity contribution < 1.29 is 24.0 Å². The summed E-state index contributed by atoms with van der Waals surface area (Å²) < 4.78 is 5.61. The SMILES string of the molecule is O=C(OC[C@@H]1CCC[NH+]2CCCC[C@H]12)c1ccc(N2C(=O)C=CC2=O)cc1. The van der Waals surface area contributed by atoms with Gasteiger partial charge in [0.05, 0.1) is 30.4 Å². The summed E-state index contributed by atoms with van der Waals surface area (Å²) in [7, 11) is 0. The summed E-state index contributed by atoms with van der Waals surface area (Å²) in [5.41, 5.74) is 0.898. The molecule has 1 N–H and O–H groups in total. The van der Waals surface area contributed by atoms with E-state index in [1.54, 1.807) is 29.2 Å². The van der Waals surface area contributed by atoms with E-state index in [4.69, 9.17) is 4.74 Å². The van der Waals surface area contributed by atoms with Gasteiger partial charge in [0.15, 0.2) is 0 Å². The van der Waals surface area contributed by atoms with E-state index >= 15 is 0 Å². The number of piperidine rings is 2. The Morgan fingerprint density at radius 3 is 2.44 bits per heavy atom. The van der Waals surface area contributed by atoms with Gasteiger partial charge in [-0.05, 0) is 56.4 Å². The molecule has 27 heavy (non-hydrogen) atoms. The van der Waals surface area contributed by atoms with Gasteiger partial charge in [0.2, 0.25) is 0 Å². The Balaban J connectivity index is 1.36. The lowest BCUT2D eigenvalue weighted by Gasteiger charge is -2.40. The van der Waals surface area contributed by atoms with Gasteiger partial charge >= 0.3 is 5.97 Å². The second-order valence-corrected chi connectivity index (χ2v) is 7.65. The number of anilines is 1. The molecule has 0 spiro atoms. The van der Waals surface area contributed by atoms with E-state index in [2.05, 4.69) is 0 Å². The van der Waals surface area contributed by atoms with Gasteiger partial charge in [-0.2, -0.15) is 0 Å². The molecule has 2 fully saturated rings. The molecule has 3 atom stereocenters. The van der Waals surface area contributed by atoms with Crippen LogP contribution < -0.4 is 9.80 Å². The average molecular weight is 369 g/mol. The third-order valence-corrected chi connectivity index (χ3v) is 6.03. The summed E-state index contributed by atoms with van der Waals surface area (Å²) in [5, 5.41) is 0. The molecule has 0 radical (unpaired) electrons. The number of carbonyl (C=O) groups excluding carboxylic acids is 3. The van der Waals surface area contributed by atoms with Gasteiger partial charge in [0.25, 0.3) is 11.8 Å². The Morgan fingerprint density at radius 2 is 1.70 bits per heavy atom. The van der Waals surface area contributed by atoms with Gasteiger partial charge < -0.3 is 9.64 Å². The number of nitrogens with zero attached hydrogens (tertiary/aromatic N) is 1. The topological polar surface area (TPSA) is 68.1 Å². The van der Waals surface area contributed by atoms with E-state index in [1.807, 2.05) is 0 Å². The van der Waals surface area contributed by atoms with Crippen molar-refractivity contribution in [1.29, 1.82) is 0 Å². The van der Waals surface area contributed by atoms with Crippen LogP contribution in [0.1, 0.15) is 42.5 Å². The summed E-state index contributed by atoms with van der Waals surface area (Å²) >= 11 is 0. The van der Waals surface area contributed by atoms with Crippen LogP contribution in [-0.4, -0.2) is 43.5 Å². The molecule has 2 amide bonds. The molecule has 0 saturated carbocycles. The highest BCUT2D eigenvalue weighted by molar-refractivity contribution is 6.28. The minimum Gasteiger partial charge on any atom is -0.462 e. The number of benzene rings is 1. The number of hydrogen-bond donors (Lipinski definition) is 1. The highest BCUT2D eigenvalue weighted by Gasteiger charge is 2.37. The monoisotopic (exact) mass is 369 g/mol. The van der Waals surface area contributed by atoms with Crippen molar-refractivity contribution >= 4 is 23.5 Å². The minimum absolute atomic E-state index is 0.346. The highest BCUT2D eigenvalue weighted by Crippen LogP contribution is 2.22. The first-order chi connectivity index (χ1) is 13.1. The summed E-state index contributed by atoms with van der Waals surface area (Å²) in [5.74, 6) is -0.635. The molecule has 3 aliphatic rings. The molecular formula is C21H25N2O4+. The quantitative estimate of drug-likeness (QED) is 0.638. The normalized spacial score (nSPS) is 27.6. The summed E-state index contributed by atoms with van der Waals surface area (Å²) in [6.07, 6.45) is 8.64. The highest BCUT2D eigenvalue weighted by atomic mass is 16.5. The Hall–Kier alpha value is -2.47. The molecule has 0 aliphatic carbocycles. The van der Waals surface area contributed by atoms with Crippen molar-refractivity contribution in [2.75, 3.05) is 24.6 Å². The first kappa shape index (κ1) is 17.9.